The molecule has 1 rings (SSSR count). The van der Waals surface area contributed by atoms with Crippen LogP contribution in [0, 0.1) is 0 Å². The molecule has 0 aliphatic carbocycles. The summed E-state index contributed by atoms with van der Waals surface area (Å²) in [6.07, 6.45) is 4.17. The molecule has 0 aliphatic rings. The van der Waals surface area contributed by atoms with Crippen molar-refractivity contribution in [2.75, 3.05) is 13.7 Å². The summed E-state index contributed by atoms with van der Waals surface area (Å²) >= 11 is 0. The van der Waals surface area contributed by atoms with Crippen LogP contribution in [0.1, 0.15) is 26.0 Å². The van der Waals surface area contributed by atoms with Gasteiger partial charge in [-0.3, -0.25) is 4.68 Å². The number of nitrogens with one attached hydrogen (secondary N) is 1. The molecule has 0 aliphatic heterocycles. The molecule has 1 heterocycles. The van der Waals surface area contributed by atoms with Gasteiger partial charge in [-0.1, -0.05) is 6.92 Å². The third-order valence-corrected chi connectivity index (χ3v) is 2.80. The quantitative estimate of drug-likeness (QED) is 0.761. The van der Waals surface area contributed by atoms with Crippen LogP contribution in [0.5, 0.6) is 0 Å². The minimum atomic E-state index is 0.261. The number of hydrogen-bond donors (Lipinski definition) is 1. The van der Waals surface area contributed by atoms with E-state index in [2.05, 4.69) is 23.4 Å². The van der Waals surface area contributed by atoms with Crippen molar-refractivity contribution < 1.29 is 4.74 Å². The Morgan fingerprint density at radius 1 is 1.50 bits per heavy atom. The fourth-order valence-electron chi connectivity index (χ4n) is 1.95. The van der Waals surface area contributed by atoms with Crippen molar-refractivity contribution in [1.82, 2.24) is 15.1 Å². The Morgan fingerprint density at radius 3 is 2.69 bits per heavy atom. The van der Waals surface area contributed by atoms with E-state index in [4.69, 9.17) is 4.74 Å². The number of hydrogen-bond acceptors (Lipinski definition) is 3. The van der Waals surface area contributed by atoms with Gasteiger partial charge >= 0.3 is 0 Å². The zero-order valence-electron chi connectivity index (χ0n) is 10.7. The molecule has 4 heteroatoms. The van der Waals surface area contributed by atoms with Crippen LogP contribution >= 0.6 is 0 Å². The average Bonchev–Trinajstić information content (AvgIpc) is 2.69. The van der Waals surface area contributed by atoms with Crippen LogP contribution in [-0.4, -0.2) is 35.6 Å². The Morgan fingerprint density at radius 2 is 2.25 bits per heavy atom. The predicted molar refractivity (Wildman–Crippen MR) is 65.5 cm³/mol. The molecule has 0 radical (unpaired) electrons. The monoisotopic (exact) mass is 225 g/mol. The Bertz CT molecular complexity index is 298. The molecule has 0 fully saturated rings. The molecule has 0 saturated carbocycles. The smallest absolute Gasteiger partial charge is 0.0729 e. The third-order valence-electron chi connectivity index (χ3n) is 2.80. The highest BCUT2D eigenvalue weighted by Crippen LogP contribution is 2.09. The summed E-state index contributed by atoms with van der Waals surface area (Å²) in [7, 11) is 3.92. The van der Waals surface area contributed by atoms with Crippen molar-refractivity contribution in [3.63, 3.8) is 0 Å². The fraction of sp³-hybridized carbons (Fsp3) is 0.750. The van der Waals surface area contributed by atoms with E-state index < -0.39 is 0 Å². The molecule has 1 aromatic heterocycles. The number of aryl methyl sites for hydroxylation is 1. The van der Waals surface area contributed by atoms with E-state index >= 15 is 0 Å². The van der Waals surface area contributed by atoms with Crippen molar-refractivity contribution in [1.29, 1.82) is 0 Å². The van der Waals surface area contributed by atoms with Gasteiger partial charge in [-0.15, -0.1) is 0 Å². The maximum absolute atomic E-state index is 5.73. The highest BCUT2D eigenvalue weighted by atomic mass is 16.5. The Labute approximate surface area is 98.0 Å². The van der Waals surface area contributed by atoms with Gasteiger partial charge in [0.1, 0.15) is 0 Å². The van der Waals surface area contributed by atoms with Gasteiger partial charge in [0.05, 0.1) is 11.8 Å². The van der Waals surface area contributed by atoms with Gasteiger partial charge in [0.15, 0.2) is 0 Å². The van der Waals surface area contributed by atoms with Gasteiger partial charge in [-0.2, -0.15) is 5.10 Å². The van der Waals surface area contributed by atoms with Crippen molar-refractivity contribution in [2.45, 2.75) is 38.8 Å². The van der Waals surface area contributed by atoms with E-state index in [1.807, 2.05) is 31.9 Å². The average molecular weight is 225 g/mol. The molecule has 0 amide bonds. The first kappa shape index (κ1) is 13.2. The SMILES string of the molecule is CCOC(CC)C(Cc1ccn(C)n1)NC. The molecule has 4 nitrogen and oxygen atoms in total. The van der Waals surface area contributed by atoms with Crippen LogP contribution in [0.4, 0.5) is 0 Å². The lowest BCUT2D eigenvalue weighted by Crippen LogP contribution is -2.41. The largest absolute Gasteiger partial charge is 0.377 e. The van der Waals surface area contributed by atoms with Gasteiger partial charge in [0.2, 0.25) is 0 Å². The molecule has 1 aromatic rings. The summed E-state index contributed by atoms with van der Waals surface area (Å²) in [5, 5.41) is 7.72. The molecule has 1 N–H and O–H groups in total. The molecule has 0 spiro atoms. The topological polar surface area (TPSA) is 39.1 Å². The first-order valence-electron chi connectivity index (χ1n) is 5.98. The molecule has 2 unspecified atom stereocenters. The highest BCUT2D eigenvalue weighted by molar-refractivity contribution is 5.02. The van der Waals surface area contributed by atoms with Gasteiger partial charge < -0.3 is 10.1 Å². The maximum atomic E-state index is 5.73. The summed E-state index contributed by atoms with van der Waals surface area (Å²) in [5.41, 5.74) is 1.11. The highest BCUT2D eigenvalue weighted by Gasteiger charge is 2.19. The second-order valence-corrected chi connectivity index (χ2v) is 3.98. The van der Waals surface area contributed by atoms with E-state index in [0.29, 0.717) is 6.04 Å². The zero-order chi connectivity index (χ0) is 12.0. The number of nitrogens with zero attached hydrogens (tertiary/aromatic N) is 2. The molecule has 92 valence electrons. The second-order valence-electron chi connectivity index (χ2n) is 3.98. The van der Waals surface area contributed by atoms with Crippen LogP contribution in [-0.2, 0) is 18.2 Å². The normalized spacial score (nSPS) is 15.0. The molecule has 0 saturated heterocycles. The maximum Gasteiger partial charge on any atom is 0.0729 e. The summed E-state index contributed by atoms with van der Waals surface area (Å²) in [4.78, 5) is 0. The number of rotatable bonds is 7. The molecular formula is C12H23N3O. The summed E-state index contributed by atoms with van der Waals surface area (Å²) in [5.74, 6) is 0. The van der Waals surface area contributed by atoms with Crippen LogP contribution in [0.3, 0.4) is 0 Å². The molecule has 0 bridgehead atoms. The zero-order valence-corrected chi connectivity index (χ0v) is 10.7. The molecule has 2 atom stereocenters. The summed E-state index contributed by atoms with van der Waals surface area (Å²) in [6, 6.07) is 2.39. The van der Waals surface area contributed by atoms with Crippen LogP contribution in [0.15, 0.2) is 12.3 Å². The minimum Gasteiger partial charge on any atom is -0.377 e. The number of likely N-dealkylation sites (N-methyl/N-ethyl adjacent to an activating group) is 1. The van der Waals surface area contributed by atoms with Gasteiger partial charge in [0, 0.05) is 32.3 Å². The fourth-order valence-corrected chi connectivity index (χ4v) is 1.95. The van der Waals surface area contributed by atoms with E-state index in [0.717, 1.165) is 25.1 Å². The summed E-state index contributed by atoms with van der Waals surface area (Å²) < 4.78 is 7.56. The predicted octanol–water partition coefficient (Wildman–Crippen LogP) is 1.37. The Kier molecular flexibility index (Phi) is 5.49. The summed E-state index contributed by atoms with van der Waals surface area (Å²) in [6.45, 7) is 4.96. The number of aromatic nitrogens is 2. The standard InChI is InChI=1S/C12H23N3O/c1-5-12(16-6-2)11(13-3)9-10-7-8-15(4)14-10/h7-8,11-13H,5-6,9H2,1-4H3. The van der Waals surface area contributed by atoms with Crippen LogP contribution in [0.25, 0.3) is 0 Å². The first-order valence-corrected chi connectivity index (χ1v) is 5.98. The lowest BCUT2D eigenvalue weighted by molar-refractivity contribution is 0.0336. The van der Waals surface area contributed by atoms with E-state index in [-0.39, 0.29) is 6.10 Å². The van der Waals surface area contributed by atoms with Crippen molar-refractivity contribution in [3.8, 4) is 0 Å². The van der Waals surface area contributed by atoms with Crippen LogP contribution < -0.4 is 5.32 Å². The molecular weight excluding hydrogens is 202 g/mol. The minimum absolute atomic E-state index is 0.261. The number of ether oxygens (including phenoxy) is 1. The third kappa shape index (κ3) is 3.61. The van der Waals surface area contributed by atoms with Crippen LogP contribution in [0.2, 0.25) is 0 Å². The molecule has 0 aromatic carbocycles. The van der Waals surface area contributed by atoms with Gasteiger partial charge in [-0.25, -0.2) is 0 Å². The Balaban J connectivity index is 2.59. The Hall–Kier alpha value is -0.870. The van der Waals surface area contributed by atoms with Crippen molar-refractivity contribution in [2.24, 2.45) is 7.05 Å². The van der Waals surface area contributed by atoms with Gasteiger partial charge in [-0.05, 0) is 26.5 Å². The van der Waals surface area contributed by atoms with E-state index in [9.17, 15) is 0 Å². The lowest BCUT2D eigenvalue weighted by atomic mass is 10.0. The van der Waals surface area contributed by atoms with Crippen molar-refractivity contribution >= 4 is 0 Å². The van der Waals surface area contributed by atoms with Gasteiger partial charge in [0.25, 0.3) is 0 Å². The first-order chi connectivity index (χ1) is 7.71. The second kappa shape index (κ2) is 6.66. The van der Waals surface area contributed by atoms with E-state index in [1.54, 1.807) is 0 Å². The lowest BCUT2D eigenvalue weighted by Gasteiger charge is -2.25. The van der Waals surface area contributed by atoms with E-state index in [1.165, 1.54) is 0 Å². The molecule has 16 heavy (non-hydrogen) atoms. The van der Waals surface area contributed by atoms with Crippen molar-refractivity contribution in [3.05, 3.63) is 18.0 Å².